The second-order valence-corrected chi connectivity index (χ2v) is 5.51. The maximum atomic E-state index is 12.1. The van der Waals surface area contributed by atoms with Gasteiger partial charge in [0.1, 0.15) is 0 Å². The molecule has 0 radical (unpaired) electrons. The molecular formula is C13H20N4O. The molecule has 0 unspecified atom stereocenters. The van der Waals surface area contributed by atoms with Crippen LogP contribution in [0.1, 0.15) is 30.7 Å². The smallest absolute Gasteiger partial charge is 0.223 e. The Morgan fingerprint density at radius 2 is 2.11 bits per heavy atom. The lowest BCUT2D eigenvalue weighted by Gasteiger charge is -2.43. The van der Waals surface area contributed by atoms with Crippen LogP contribution in [0.4, 0.5) is 0 Å². The molecule has 5 heteroatoms. The number of nitrogens with zero attached hydrogens (tertiary/aromatic N) is 3. The first-order chi connectivity index (χ1) is 8.63. The third kappa shape index (κ3) is 1.57. The van der Waals surface area contributed by atoms with E-state index in [-0.39, 0.29) is 11.4 Å². The summed E-state index contributed by atoms with van der Waals surface area (Å²) in [5, 5.41) is 7.65. The molecule has 1 atom stereocenters. The van der Waals surface area contributed by atoms with Crippen LogP contribution in [0.3, 0.4) is 0 Å². The number of hydrogen-bond donors (Lipinski definition) is 1. The first-order valence-corrected chi connectivity index (χ1v) is 6.59. The Kier molecular flexibility index (Phi) is 2.66. The molecule has 18 heavy (non-hydrogen) atoms. The molecule has 0 aliphatic carbocycles. The summed E-state index contributed by atoms with van der Waals surface area (Å²) >= 11 is 0. The Balaban J connectivity index is 1.99. The minimum absolute atomic E-state index is 0.00532. The molecule has 2 fully saturated rings. The van der Waals surface area contributed by atoms with Crippen molar-refractivity contribution in [1.82, 2.24) is 20.0 Å². The molecule has 2 aliphatic heterocycles. The first kappa shape index (κ1) is 11.7. The number of likely N-dealkylation sites (tertiary alicyclic amines) is 1. The average Bonchev–Trinajstić information content (AvgIpc) is 2.89. The SMILES string of the molecule is CN1C(=O)C[C@H](c2cnn(C)c2)C12CCNCC2. The van der Waals surface area contributed by atoms with Gasteiger partial charge in [-0.25, -0.2) is 0 Å². The molecule has 1 N–H and O–H groups in total. The maximum absolute atomic E-state index is 12.1. The zero-order valence-electron chi connectivity index (χ0n) is 11.0. The molecule has 2 aliphatic rings. The molecule has 5 nitrogen and oxygen atoms in total. The number of likely N-dealkylation sites (N-methyl/N-ethyl adjacent to an activating group) is 1. The Hall–Kier alpha value is -1.36. The second-order valence-electron chi connectivity index (χ2n) is 5.51. The predicted octanol–water partition coefficient (Wildman–Crippen LogP) is 0.488. The summed E-state index contributed by atoms with van der Waals surface area (Å²) < 4.78 is 1.83. The summed E-state index contributed by atoms with van der Waals surface area (Å²) in [6, 6.07) is 0. The van der Waals surface area contributed by atoms with Gasteiger partial charge in [0.2, 0.25) is 5.91 Å². The van der Waals surface area contributed by atoms with Gasteiger partial charge in [-0.1, -0.05) is 0 Å². The van der Waals surface area contributed by atoms with Crippen LogP contribution in [0, 0.1) is 0 Å². The van der Waals surface area contributed by atoms with Crippen LogP contribution in [0.2, 0.25) is 0 Å². The summed E-state index contributed by atoms with van der Waals surface area (Å²) in [5.41, 5.74) is 1.21. The van der Waals surface area contributed by atoms with Crippen LogP contribution >= 0.6 is 0 Å². The molecule has 0 aromatic carbocycles. The molecule has 0 bridgehead atoms. The van der Waals surface area contributed by atoms with E-state index in [1.165, 1.54) is 5.56 Å². The number of nitrogens with one attached hydrogen (secondary N) is 1. The van der Waals surface area contributed by atoms with Gasteiger partial charge in [-0.15, -0.1) is 0 Å². The van der Waals surface area contributed by atoms with Gasteiger partial charge in [0.15, 0.2) is 0 Å². The van der Waals surface area contributed by atoms with Crippen molar-refractivity contribution in [1.29, 1.82) is 0 Å². The minimum atomic E-state index is 0.00532. The lowest BCUT2D eigenvalue weighted by molar-refractivity contribution is -0.130. The fraction of sp³-hybridized carbons (Fsp3) is 0.692. The molecule has 1 spiro atoms. The van der Waals surface area contributed by atoms with Crippen molar-refractivity contribution < 1.29 is 4.79 Å². The van der Waals surface area contributed by atoms with E-state index in [4.69, 9.17) is 0 Å². The van der Waals surface area contributed by atoms with E-state index in [1.54, 1.807) is 0 Å². The number of carbonyl (C=O) groups excluding carboxylic acids is 1. The van der Waals surface area contributed by atoms with Gasteiger partial charge in [0.25, 0.3) is 0 Å². The van der Waals surface area contributed by atoms with Crippen molar-refractivity contribution in [3.63, 3.8) is 0 Å². The highest BCUT2D eigenvalue weighted by Gasteiger charge is 2.51. The number of aryl methyl sites for hydroxylation is 1. The molecule has 1 amide bonds. The highest BCUT2D eigenvalue weighted by molar-refractivity contribution is 5.81. The lowest BCUT2D eigenvalue weighted by atomic mass is 9.75. The van der Waals surface area contributed by atoms with Crippen molar-refractivity contribution >= 4 is 5.91 Å². The summed E-state index contributed by atoms with van der Waals surface area (Å²) in [6.07, 6.45) is 6.67. The van der Waals surface area contributed by atoms with Gasteiger partial charge in [-0.05, 0) is 31.5 Å². The van der Waals surface area contributed by atoms with Crippen LogP contribution in [0.15, 0.2) is 12.4 Å². The third-order valence-corrected chi connectivity index (χ3v) is 4.67. The van der Waals surface area contributed by atoms with Gasteiger partial charge in [0.05, 0.1) is 11.7 Å². The van der Waals surface area contributed by atoms with Crippen molar-refractivity contribution in [2.24, 2.45) is 7.05 Å². The summed E-state index contributed by atoms with van der Waals surface area (Å²) in [5.74, 6) is 0.566. The van der Waals surface area contributed by atoms with Crippen molar-refractivity contribution in [2.45, 2.75) is 30.7 Å². The monoisotopic (exact) mass is 248 g/mol. The molecule has 1 aromatic heterocycles. The van der Waals surface area contributed by atoms with E-state index in [9.17, 15) is 4.79 Å². The Bertz CT molecular complexity index is 461. The van der Waals surface area contributed by atoms with Gasteiger partial charge in [-0.3, -0.25) is 9.48 Å². The van der Waals surface area contributed by atoms with Gasteiger partial charge in [-0.2, -0.15) is 5.10 Å². The first-order valence-electron chi connectivity index (χ1n) is 6.59. The number of amides is 1. The zero-order valence-corrected chi connectivity index (χ0v) is 11.0. The van der Waals surface area contributed by atoms with E-state index in [0.717, 1.165) is 25.9 Å². The highest BCUT2D eigenvalue weighted by atomic mass is 16.2. The van der Waals surface area contributed by atoms with Crippen molar-refractivity contribution in [3.05, 3.63) is 18.0 Å². The number of hydrogen-bond acceptors (Lipinski definition) is 3. The van der Waals surface area contributed by atoms with Crippen LogP contribution in [-0.4, -0.2) is 46.3 Å². The summed E-state index contributed by atoms with van der Waals surface area (Å²) in [6.45, 7) is 1.99. The van der Waals surface area contributed by atoms with Crippen LogP contribution < -0.4 is 5.32 Å². The van der Waals surface area contributed by atoms with Crippen LogP contribution in [0.5, 0.6) is 0 Å². The standard InChI is InChI=1S/C13H20N4O/c1-16-9-10(8-15-16)11-7-12(18)17(2)13(11)3-5-14-6-4-13/h8-9,11,14H,3-7H2,1-2H3/t11-/m1/s1. The number of carbonyl (C=O) groups is 1. The third-order valence-electron chi connectivity index (χ3n) is 4.67. The molecule has 3 rings (SSSR count). The summed E-state index contributed by atoms with van der Waals surface area (Å²) in [7, 11) is 3.89. The molecule has 2 saturated heterocycles. The lowest BCUT2D eigenvalue weighted by Crippen LogP contribution is -2.53. The molecule has 98 valence electrons. The number of rotatable bonds is 1. The van der Waals surface area contributed by atoms with Gasteiger partial charge >= 0.3 is 0 Å². The van der Waals surface area contributed by atoms with Gasteiger partial charge in [0, 0.05) is 32.6 Å². The van der Waals surface area contributed by atoms with Crippen LogP contribution in [-0.2, 0) is 11.8 Å². The van der Waals surface area contributed by atoms with Crippen LogP contribution in [0.25, 0.3) is 0 Å². The van der Waals surface area contributed by atoms with Crippen molar-refractivity contribution in [2.75, 3.05) is 20.1 Å². The van der Waals surface area contributed by atoms with E-state index in [1.807, 2.05) is 29.9 Å². The molecular weight excluding hydrogens is 228 g/mol. The van der Waals surface area contributed by atoms with E-state index >= 15 is 0 Å². The van der Waals surface area contributed by atoms with E-state index in [0.29, 0.717) is 12.3 Å². The Morgan fingerprint density at radius 1 is 1.39 bits per heavy atom. The predicted molar refractivity (Wildman–Crippen MR) is 68.2 cm³/mol. The normalized spacial score (nSPS) is 27.1. The van der Waals surface area contributed by atoms with Gasteiger partial charge < -0.3 is 10.2 Å². The van der Waals surface area contributed by atoms with E-state index < -0.39 is 0 Å². The Morgan fingerprint density at radius 3 is 2.72 bits per heavy atom. The number of piperidine rings is 1. The quantitative estimate of drug-likeness (QED) is 0.787. The fourth-order valence-corrected chi connectivity index (χ4v) is 3.58. The highest BCUT2D eigenvalue weighted by Crippen LogP contribution is 2.46. The Labute approximate surface area is 107 Å². The maximum Gasteiger partial charge on any atom is 0.223 e. The number of aromatic nitrogens is 2. The fourth-order valence-electron chi connectivity index (χ4n) is 3.58. The summed E-state index contributed by atoms with van der Waals surface area (Å²) in [4.78, 5) is 14.1. The largest absolute Gasteiger partial charge is 0.339 e. The topological polar surface area (TPSA) is 50.2 Å². The minimum Gasteiger partial charge on any atom is -0.339 e. The molecule has 0 saturated carbocycles. The van der Waals surface area contributed by atoms with Crippen molar-refractivity contribution in [3.8, 4) is 0 Å². The zero-order chi connectivity index (χ0) is 12.8. The molecule has 1 aromatic rings. The van der Waals surface area contributed by atoms with E-state index in [2.05, 4.69) is 16.6 Å². The molecule has 3 heterocycles. The average molecular weight is 248 g/mol. The second kappa shape index (κ2) is 4.09.